The van der Waals surface area contributed by atoms with Crippen LogP contribution in [0.15, 0.2) is 28.7 Å². The van der Waals surface area contributed by atoms with E-state index in [-0.39, 0.29) is 12.5 Å². The number of hydrogen-bond acceptors (Lipinski definition) is 4. The number of amides is 1. The van der Waals surface area contributed by atoms with Crippen molar-refractivity contribution in [2.24, 2.45) is 0 Å². The second kappa shape index (κ2) is 8.61. The summed E-state index contributed by atoms with van der Waals surface area (Å²) in [6.45, 7) is 0.895. The second-order valence-electron chi connectivity index (χ2n) is 5.28. The van der Waals surface area contributed by atoms with E-state index in [0.29, 0.717) is 18.7 Å². The molecule has 1 aromatic carbocycles. The summed E-state index contributed by atoms with van der Waals surface area (Å²) in [5, 5.41) is 2.71. The molecule has 0 spiro atoms. The number of halogens is 1. The topological polar surface area (TPSA) is 69.7 Å². The zero-order valence-corrected chi connectivity index (χ0v) is 15.4. The number of rotatable bonds is 8. The Kier molecular flexibility index (Phi) is 7.47. The van der Waals surface area contributed by atoms with E-state index in [1.54, 1.807) is 18.2 Å². The van der Waals surface area contributed by atoms with Crippen LogP contribution in [0.4, 0.5) is 5.69 Å². The summed E-state index contributed by atoms with van der Waals surface area (Å²) in [7, 11) is 0.424. The first kappa shape index (κ1) is 19.1. The van der Waals surface area contributed by atoms with Crippen LogP contribution in [-0.4, -0.2) is 63.5 Å². The normalized spacial score (nSPS) is 11.9. The van der Waals surface area contributed by atoms with Gasteiger partial charge < -0.3 is 10.2 Å². The Labute approximate surface area is 140 Å². The minimum Gasteiger partial charge on any atom is -0.324 e. The molecule has 0 radical (unpaired) electrons. The van der Waals surface area contributed by atoms with Gasteiger partial charge in [0.2, 0.25) is 15.9 Å². The van der Waals surface area contributed by atoms with Crippen LogP contribution in [0.3, 0.4) is 0 Å². The Morgan fingerprint density at radius 3 is 2.41 bits per heavy atom. The standard InChI is InChI=1S/C14H22BrN3O3S/c1-17(2)9-6-10-18(22(3,20)21)11-14(19)16-13-8-5-4-7-12(13)15/h4-5,7-8H,6,9-11H2,1-3H3,(H,16,19). The van der Waals surface area contributed by atoms with Crippen molar-refractivity contribution in [3.05, 3.63) is 28.7 Å². The summed E-state index contributed by atoms with van der Waals surface area (Å²) < 4.78 is 25.5. The molecule has 0 aliphatic carbocycles. The number of carbonyl (C=O) groups is 1. The van der Waals surface area contributed by atoms with Crippen LogP contribution in [0.5, 0.6) is 0 Å². The molecule has 0 unspecified atom stereocenters. The minimum atomic E-state index is -3.42. The molecule has 0 saturated carbocycles. The van der Waals surface area contributed by atoms with E-state index in [0.717, 1.165) is 17.3 Å². The van der Waals surface area contributed by atoms with E-state index in [1.165, 1.54) is 4.31 Å². The van der Waals surface area contributed by atoms with Crippen molar-refractivity contribution in [1.82, 2.24) is 9.21 Å². The minimum absolute atomic E-state index is 0.187. The van der Waals surface area contributed by atoms with Gasteiger partial charge in [-0.25, -0.2) is 8.42 Å². The van der Waals surface area contributed by atoms with Crippen molar-refractivity contribution in [2.75, 3.05) is 45.3 Å². The van der Waals surface area contributed by atoms with Crippen LogP contribution in [0, 0.1) is 0 Å². The Morgan fingerprint density at radius 2 is 1.86 bits per heavy atom. The number of para-hydroxylation sites is 1. The zero-order chi connectivity index (χ0) is 16.8. The Balaban J connectivity index is 2.65. The summed E-state index contributed by atoms with van der Waals surface area (Å²) in [4.78, 5) is 14.0. The lowest BCUT2D eigenvalue weighted by molar-refractivity contribution is -0.116. The van der Waals surface area contributed by atoms with Gasteiger partial charge in [0.15, 0.2) is 0 Å². The molecule has 1 rings (SSSR count). The molecule has 0 saturated heterocycles. The number of carbonyl (C=O) groups excluding carboxylic acids is 1. The van der Waals surface area contributed by atoms with Crippen LogP contribution < -0.4 is 5.32 Å². The van der Waals surface area contributed by atoms with Gasteiger partial charge in [-0.15, -0.1) is 0 Å². The first-order valence-electron chi connectivity index (χ1n) is 6.84. The Hall–Kier alpha value is -0.960. The van der Waals surface area contributed by atoms with E-state index in [1.807, 2.05) is 25.1 Å². The van der Waals surface area contributed by atoms with Crippen LogP contribution in [0.1, 0.15) is 6.42 Å². The van der Waals surface area contributed by atoms with Gasteiger partial charge in [0.25, 0.3) is 0 Å². The van der Waals surface area contributed by atoms with Gasteiger partial charge in [-0.2, -0.15) is 4.31 Å². The van der Waals surface area contributed by atoms with Gasteiger partial charge >= 0.3 is 0 Å². The Morgan fingerprint density at radius 1 is 1.23 bits per heavy atom. The highest BCUT2D eigenvalue weighted by Gasteiger charge is 2.20. The summed E-state index contributed by atoms with van der Waals surface area (Å²) in [6, 6.07) is 7.19. The van der Waals surface area contributed by atoms with Gasteiger partial charge in [-0.3, -0.25) is 4.79 Å². The van der Waals surface area contributed by atoms with Crippen molar-refractivity contribution in [3.8, 4) is 0 Å². The van der Waals surface area contributed by atoms with Gasteiger partial charge in [0.05, 0.1) is 18.5 Å². The maximum absolute atomic E-state index is 12.1. The lowest BCUT2D eigenvalue weighted by Crippen LogP contribution is -2.38. The van der Waals surface area contributed by atoms with Crippen LogP contribution >= 0.6 is 15.9 Å². The lowest BCUT2D eigenvalue weighted by atomic mass is 10.3. The van der Waals surface area contributed by atoms with Gasteiger partial charge in [-0.1, -0.05) is 12.1 Å². The highest BCUT2D eigenvalue weighted by molar-refractivity contribution is 9.10. The molecule has 0 bridgehead atoms. The number of nitrogens with one attached hydrogen (secondary N) is 1. The molecule has 0 aromatic heterocycles. The number of anilines is 1. The van der Waals surface area contributed by atoms with Crippen molar-refractivity contribution in [3.63, 3.8) is 0 Å². The van der Waals surface area contributed by atoms with Crippen molar-refractivity contribution >= 4 is 37.5 Å². The third-order valence-electron chi connectivity index (χ3n) is 2.95. The predicted molar refractivity (Wildman–Crippen MR) is 92.4 cm³/mol. The van der Waals surface area contributed by atoms with Crippen LogP contribution in [-0.2, 0) is 14.8 Å². The number of nitrogens with zero attached hydrogens (tertiary/aromatic N) is 2. The first-order valence-corrected chi connectivity index (χ1v) is 9.48. The summed E-state index contributed by atoms with van der Waals surface area (Å²) >= 11 is 3.34. The van der Waals surface area contributed by atoms with E-state index in [2.05, 4.69) is 21.2 Å². The van der Waals surface area contributed by atoms with E-state index >= 15 is 0 Å². The third-order valence-corrected chi connectivity index (χ3v) is 4.89. The fourth-order valence-electron chi connectivity index (χ4n) is 1.84. The number of hydrogen-bond donors (Lipinski definition) is 1. The molecular formula is C14H22BrN3O3S. The maximum atomic E-state index is 12.1. The molecule has 0 fully saturated rings. The smallest absolute Gasteiger partial charge is 0.239 e. The van der Waals surface area contributed by atoms with Crippen molar-refractivity contribution < 1.29 is 13.2 Å². The summed E-state index contributed by atoms with van der Waals surface area (Å²) in [5.41, 5.74) is 0.620. The average Bonchev–Trinajstić information content (AvgIpc) is 2.39. The SMILES string of the molecule is CN(C)CCCN(CC(=O)Nc1ccccc1Br)S(C)(=O)=O. The highest BCUT2D eigenvalue weighted by atomic mass is 79.9. The highest BCUT2D eigenvalue weighted by Crippen LogP contribution is 2.21. The quantitative estimate of drug-likeness (QED) is 0.730. The fourth-order valence-corrected chi connectivity index (χ4v) is 3.03. The van der Waals surface area contributed by atoms with Crippen LogP contribution in [0.25, 0.3) is 0 Å². The van der Waals surface area contributed by atoms with Crippen LogP contribution in [0.2, 0.25) is 0 Å². The molecule has 1 N–H and O–H groups in total. The van der Waals surface area contributed by atoms with Gasteiger partial charge in [-0.05, 0) is 55.1 Å². The average molecular weight is 392 g/mol. The number of benzene rings is 1. The monoisotopic (exact) mass is 391 g/mol. The first-order chi connectivity index (χ1) is 10.2. The molecule has 6 nitrogen and oxygen atoms in total. The van der Waals surface area contributed by atoms with E-state index in [4.69, 9.17) is 0 Å². The molecule has 22 heavy (non-hydrogen) atoms. The summed E-state index contributed by atoms with van der Waals surface area (Å²) in [5.74, 6) is -0.359. The molecule has 1 aromatic rings. The third kappa shape index (κ3) is 6.87. The maximum Gasteiger partial charge on any atom is 0.239 e. The molecule has 124 valence electrons. The molecular weight excluding hydrogens is 370 g/mol. The predicted octanol–water partition coefficient (Wildman–Crippen LogP) is 1.60. The Bertz CT molecular complexity index is 605. The van der Waals surface area contributed by atoms with E-state index in [9.17, 15) is 13.2 Å². The van der Waals surface area contributed by atoms with Crippen molar-refractivity contribution in [1.29, 1.82) is 0 Å². The largest absolute Gasteiger partial charge is 0.324 e. The molecule has 0 aliphatic heterocycles. The molecule has 1 amide bonds. The molecule has 0 aliphatic rings. The molecule has 0 atom stereocenters. The van der Waals surface area contributed by atoms with E-state index < -0.39 is 10.0 Å². The lowest BCUT2D eigenvalue weighted by Gasteiger charge is -2.20. The van der Waals surface area contributed by atoms with Gasteiger partial charge in [0.1, 0.15) is 0 Å². The zero-order valence-electron chi connectivity index (χ0n) is 13.0. The fraction of sp³-hybridized carbons (Fsp3) is 0.500. The molecule has 0 heterocycles. The number of sulfonamides is 1. The van der Waals surface area contributed by atoms with Gasteiger partial charge in [0, 0.05) is 11.0 Å². The second-order valence-corrected chi connectivity index (χ2v) is 8.12. The molecule has 8 heteroatoms. The summed E-state index contributed by atoms with van der Waals surface area (Å²) in [6.07, 6.45) is 1.79. The van der Waals surface area contributed by atoms with Crippen molar-refractivity contribution in [2.45, 2.75) is 6.42 Å².